The van der Waals surface area contributed by atoms with Gasteiger partial charge in [0.05, 0.1) is 6.10 Å². The van der Waals surface area contributed by atoms with Crippen molar-refractivity contribution in [2.75, 3.05) is 5.75 Å². The van der Waals surface area contributed by atoms with Gasteiger partial charge in [-0.1, -0.05) is 0 Å². The summed E-state index contributed by atoms with van der Waals surface area (Å²) < 4.78 is 10.7. The van der Waals surface area contributed by atoms with E-state index in [9.17, 15) is 5.11 Å². The van der Waals surface area contributed by atoms with Gasteiger partial charge in [0.1, 0.15) is 23.7 Å². The van der Waals surface area contributed by atoms with E-state index in [0.29, 0.717) is 0 Å². The van der Waals surface area contributed by atoms with Gasteiger partial charge in [0.15, 0.2) is 0 Å². The molecule has 0 aliphatic carbocycles. The van der Waals surface area contributed by atoms with Crippen LogP contribution in [0.3, 0.4) is 0 Å². The Morgan fingerprint density at radius 2 is 2.20 bits per heavy atom. The second-order valence-corrected chi connectivity index (χ2v) is 4.06. The Morgan fingerprint density at radius 3 is 3.10 bits per heavy atom. The second kappa shape index (κ2) is 1.69. The predicted molar refractivity (Wildman–Crippen MR) is 35.8 cm³/mol. The third-order valence-corrected chi connectivity index (χ3v) is 3.52. The lowest BCUT2D eigenvalue weighted by Crippen LogP contribution is -2.38. The third kappa shape index (κ3) is 0.580. The van der Waals surface area contributed by atoms with Crippen LogP contribution in [-0.4, -0.2) is 40.7 Å². The van der Waals surface area contributed by atoms with Crippen molar-refractivity contribution in [3.8, 4) is 0 Å². The molecule has 0 aromatic heterocycles. The van der Waals surface area contributed by atoms with E-state index in [4.69, 9.17) is 9.47 Å². The molecular formula is C6H8O3S. The third-order valence-electron chi connectivity index (χ3n) is 2.28. The standard InChI is InChI=1S/C6H8O3S/c7-3-5-4(9-5)2-1-10-6(3)8-2/h2-7H,1H2. The van der Waals surface area contributed by atoms with Crippen molar-refractivity contribution in [3.05, 3.63) is 0 Å². The van der Waals surface area contributed by atoms with E-state index in [1.165, 1.54) is 0 Å². The van der Waals surface area contributed by atoms with E-state index in [1.54, 1.807) is 11.8 Å². The largest absolute Gasteiger partial charge is 0.387 e. The fourth-order valence-electron chi connectivity index (χ4n) is 1.66. The molecule has 0 spiro atoms. The van der Waals surface area contributed by atoms with Gasteiger partial charge in [-0.05, 0) is 0 Å². The first-order chi connectivity index (χ1) is 4.86. The zero-order valence-electron chi connectivity index (χ0n) is 5.27. The summed E-state index contributed by atoms with van der Waals surface area (Å²) in [5.74, 6) is 0.989. The molecule has 5 unspecified atom stereocenters. The molecule has 3 nitrogen and oxygen atoms in total. The molecule has 0 aromatic carbocycles. The number of aliphatic hydroxyl groups is 1. The van der Waals surface area contributed by atoms with E-state index in [2.05, 4.69) is 0 Å². The molecular weight excluding hydrogens is 152 g/mol. The zero-order valence-corrected chi connectivity index (χ0v) is 6.08. The molecule has 0 radical (unpaired) electrons. The van der Waals surface area contributed by atoms with Crippen LogP contribution < -0.4 is 0 Å². The van der Waals surface area contributed by atoms with E-state index < -0.39 is 0 Å². The van der Waals surface area contributed by atoms with Crippen molar-refractivity contribution >= 4 is 11.8 Å². The molecule has 56 valence electrons. The van der Waals surface area contributed by atoms with Gasteiger partial charge in [-0.2, -0.15) is 0 Å². The maximum Gasteiger partial charge on any atom is 0.132 e. The number of hydrogen-bond acceptors (Lipinski definition) is 4. The molecule has 10 heavy (non-hydrogen) atoms. The average molecular weight is 160 g/mol. The highest BCUT2D eigenvalue weighted by Gasteiger charge is 2.60. The van der Waals surface area contributed by atoms with Gasteiger partial charge in [0.2, 0.25) is 0 Å². The van der Waals surface area contributed by atoms with Crippen molar-refractivity contribution < 1.29 is 14.6 Å². The summed E-state index contributed by atoms with van der Waals surface area (Å²) in [5.41, 5.74) is -0.00579. The van der Waals surface area contributed by atoms with Crippen LogP contribution in [0.2, 0.25) is 0 Å². The van der Waals surface area contributed by atoms with Crippen molar-refractivity contribution in [1.29, 1.82) is 0 Å². The van der Waals surface area contributed by atoms with Gasteiger partial charge in [0.25, 0.3) is 0 Å². The van der Waals surface area contributed by atoms with Crippen LogP contribution in [-0.2, 0) is 9.47 Å². The molecule has 5 atom stereocenters. The molecule has 3 fully saturated rings. The van der Waals surface area contributed by atoms with Crippen LogP contribution >= 0.6 is 11.8 Å². The van der Waals surface area contributed by atoms with Crippen LogP contribution in [0.25, 0.3) is 0 Å². The minimum absolute atomic E-state index is 0.00579. The Bertz CT molecular complexity index is 172. The topological polar surface area (TPSA) is 42.0 Å². The first-order valence-electron chi connectivity index (χ1n) is 3.47. The molecule has 3 saturated heterocycles. The number of aliphatic hydroxyl groups excluding tert-OH is 1. The summed E-state index contributed by atoms with van der Waals surface area (Å²) in [7, 11) is 0. The summed E-state index contributed by atoms with van der Waals surface area (Å²) in [6, 6.07) is 0. The monoisotopic (exact) mass is 160 g/mol. The molecule has 1 N–H and O–H groups in total. The van der Waals surface area contributed by atoms with Crippen LogP contribution in [0.5, 0.6) is 0 Å². The normalized spacial score (nSPS) is 63.9. The summed E-state index contributed by atoms with van der Waals surface area (Å²) in [6.45, 7) is 0. The Kier molecular flexibility index (Phi) is 0.985. The Balaban J connectivity index is 1.91. The first kappa shape index (κ1) is 5.83. The second-order valence-electron chi connectivity index (χ2n) is 2.93. The van der Waals surface area contributed by atoms with E-state index in [0.717, 1.165) is 5.75 Å². The maximum atomic E-state index is 9.43. The fourth-order valence-corrected chi connectivity index (χ4v) is 2.88. The van der Waals surface area contributed by atoms with Crippen LogP contribution in [0.15, 0.2) is 0 Å². The maximum absolute atomic E-state index is 9.43. The Morgan fingerprint density at radius 1 is 1.30 bits per heavy atom. The van der Waals surface area contributed by atoms with E-state index >= 15 is 0 Å². The van der Waals surface area contributed by atoms with Crippen molar-refractivity contribution in [3.63, 3.8) is 0 Å². The minimum Gasteiger partial charge on any atom is -0.387 e. The lowest BCUT2D eigenvalue weighted by atomic mass is 10.1. The molecule has 3 aliphatic heterocycles. The number of thioether (sulfide) groups is 1. The molecule has 3 heterocycles. The molecule has 0 saturated carbocycles. The molecule has 3 rings (SSSR count). The number of epoxide rings is 1. The molecule has 4 heteroatoms. The van der Waals surface area contributed by atoms with Gasteiger partial charge in [-0.15, -0.1) is 11.8 Å². The lowest BCUT2D eigenvalue weighted by Gasteiger charge is -2.19. The van der Waals surface area contributed by atoms with Crippen molar-refractivity contribution in [2.45, 2.75) is 29.9 Å². The summed E-state index contributed by atoms with van der Waals surface area (Å²) in [4.78, 5) is 0. The highest BCUT2D eigenvalue weighted by atomic mass is 32.2. The predicted octanol–water partition coefficient (Wildman–Crippen LogP) is -0.414. The van der Waals surface area contributed by atoms with Gasteiger partial charge >= 0.3 is 0 Å². The van der Waals surface area contributed by atoms with Gasteiger partial charge in [-0.3, -0.25) is 0 Å². The Hall–Kier alpha value is 0.230. The van der Waals surface area contributed by atoms with Crippen LogP contribution in [0.1, 0.15) is 0 Å². The number of rotatable bonds is 0. The highest BCUT2D eigenvalue weighted by Crippen LogP contribution is 2.46. The molecule has 0 aromatic rings. The fraction of sp³-hybridized carbons (Fsp3) is 1.00. The minimum atomic E-state index is -0.381. The molecule has 2 bridgehead atoms. The summed E-state index contributed by atoms with van der Waals surface area (Å²) in [5, 5.41) is 9.43. The van der Waals surface area contributed by atoms with Gasteiger partial charge < -0.3 is 14.6 Å². The number of ether oxygens (including phenoxy) is 2. The van der Waals surface area contributed by atoms with Crippen molar-refractivity contribution in [2.24, 2.45) is 0 Å². The number of hydrogen-bond donors (Lipinski definition) is 1. The SMILES string of the molecule is OC1C2OC(CS2)C2OC12. The molecule has 3 aliphatic rings. The first-order valence-corrected chi connectivity index (χ1v) is 4.52. The highest BCUT2D eigenvalue weighted by molar-refractivity contribution is 8.00. The summed E-state index contributed by atoms with van der Waals surface area (Å²) in [6.07, 6.45) is 0.192. The van der Waals surface area contributed by atoms with E-state index in [-0.39, 0.29) is 29.9 Å². The van der Waals surface area contributed by atoms with Gasteiger partial charge in [0, 0.05) is 5.75 Å². The van der Waals surface area contributed by atoms with Crippen molar-refractivity contribution in [1.82, 2.24) is 0 Å². The number of fused-ring (bicyclic) bond motifs is 4. The smallest absolute Gasteiger partial charge is 0.132 e. The van der Waals surface area contributed by atoms with Crippen LogP contribution in [0.4, 0.5) is 0 Å². The Labute approximate surface area is 62.7 Å². The quantitative estimate of drug-likeness (QED) is 0.489. The zero-order chi connectivity index (χ0) is 6.72. The van der Waals surface area contributed by atoms with E-state index in [1.807, 2.05) is 0 Å². The van der Waals surface area contributed by atoms with Crippen LogP contribution in [0, 0.1) is 0 Å². The van der Waals surface area contributed by atoms with Gasteiger partial charge in [-0.25, -0.2) is 0 Å². The lowest BCUT2D eigenvalue weighted by molar-refractivity contribution is -0.0335. The average Bonchev–Trinajstić information content (AvgIpc) is 2.61. The molecule has 0 amide bonds. The summed E-state index contributed by atoms with van der Waals surface area (Å²) >= 11 is 1.70.